The molecular formula is C23H27N3O5. The Labute approximate surface area is 181 Å². The van der Waals surface area contributed by atoms with Crippen molar-refractivity contribution in [2.45, 2.75) is 20.0 Å². The molecule has 2 aliphatic heterocycles. The number of ether oxygens (including phenoxy) is 2. The smallest absolute Gasteiger partial charge is 0.421 e. The zero-order valence-corrected chi connectivity index (χ0v) is 17.8. The first-order valence-electron chi connectivity index (χ1n) is 10.4. The molecule has 1 aromatic carbocycles. The summed E-state index contributed by atoms with van der Waals surface area (Å²) in [6.45, 7) is 6.83. The molecule has 0 saturated carbocycles. The molecule has 1 fully saturated rings. The van der Waals surface area contributed by atoms with E-state index in [4.69, 9.17) is 9.47 Å². The van der Waals surface area contributed by atoms with E-state index in [0.717, 1.165) is 34.9 Å². The van der Waals surface area contributed by atoms with Crippen LogP contribution in [-0.4, -0.2) is 72.5 Å². The van der Waals surface area contributed by atoms with Crippen molar-refractivity contribution in [1.82, 2.24) is 9.88 Å². The number of aromatic nitrogens is 1. The highest BCUT2D eigenvalue weighted by Gasteiger charge is 2.38. The van der Waals surface area contributed by atoms with Gasteiger partial charge in [0.25, 0.3) is 5.91 Å². The molecule has 1 saturated heterocycles. The lowest BCUT2D eigenvalue weighted by Crippen LogP contribution is -2.43. The maximum Gasteiger partial charge on any atom is 0.421 e. The Bertz CT molecular complexity index is 1010. The number of hydrogen-bond acceptors (Lipinski definition) is 6. The number of benzene rings is 1. The van der Waals surface area contributed by atoms with Crippen LogP contribution in [0.15, 0.2) is 30.3 Å². The molecule has 2 amide bonds. The number of anilines is 1. The van der Waals surface area contributed by atoms with Gasteiger partial charge in [0.2, 0.25) is 0 Å². The van der Waals surface area contributed by atoms with Crippen molar-refractivity contribution in [2.24, 2.45) is 0 Å². The number of aliphatic hydroxyl groups is 1. The molecule has 1 atom stereocenters. The van der Waals surface area contributed by atoms with Crippen LogP contribution in [0, 0.1) is 13.8 Å². The second-order valence-corrected chi connectivity index (χ2v) is 7.91. The monoisotopic (exact) mass is 425 g/mol. The number of fused-ring (bicyclic) bond motifs is 1. The average molecular weight is 425 g/mol. The van der Waals surface area contributed by atoms with Crippen LogP contribution in [0.3, 0.4) is 0 Å². The van der Waals surface area contributed by atoms with Crippen molar-refractivity contribution in [3.05, 3.63) is 52.8 Å². The fourth-order valence-electron chi connectivity index (χ4n) is 3.97. The third kappa shape index (κ3) is 4.56. The van der Waals surface area contributed by atoms with Gasteiger partial charge in [-0.2, -0.15) is 0 Å². The number of para-hydroxylation sites is 1. The van der Waals surface area contributed by atoms with Gasteiger partial charge in [-0.05, 0) is 37.6 Å². The Kier molecular flexibility index (Phi) is 6.22. The van der Waals surface area contributed by atoms with E-state index in [-0.39, 0.29) is 6.61 Å². The molecule has 2 aromatic rings. The minimum Gasteiger partial charge on any atom is -0.446 e. The molecule has 8 nitrogen and oxygen atoms in total. The zero-order chi connectivity index (χ0) is 22.0. The Morgan fingerprint density at radius 3 is 2.74 bits per heavy atom. The van der Waals surface area contributed by atoms with E-state index in [1.165, 1.54) is 0 Å². The van der Waals surface area contributed by atoms with Crippen LogP contribution < -0.4 is 4.90 Å². The number of hydrogen-bond donors (Lipinski definition) is 2. The van der Waals surface area contributed by atoms with E-state index in [1.54, 1.807) is 18.2 Å². The molecule has 1 aromatic heterocycles. The van der Waals surface area contributed by atoms with E-state index in [2.05, 4.69) is 9.88 Å². The number of rotatable bonds is 5. The molecule has 1 unspecified atom stereocenters. The molecule has 164 valence electrons. The van der Waals surface area contributed by atoms with E-state index in [9.17, 15) is 14.7 Å². The summed E-state index contributed by atoms with van der Waals surface area (Å²) in [4.78, 5) is 32.3. The van der Waals surface area contributed by atoms with Crippen molar-refractivity contribution in [2.75, 3.05) is 44.4 Å². The number of nitrogens with one attached hydrogen (secondary N) is 1. The molecule has 0 bridgehead atoms. The first kappa shape index (κ1) is 21.3. The molecule has 31 heavy (non-hydrogen) atoms. The third-order valence-corrected chi connectivity index (χ3v) is 5.50. The summed E-state index contributed by atoms with van der Waals surface area (Å²) >= 11 is 0. The first-order chi connectivity index (χ1) is 14.9. The van der Waals surface area contributed by atoms with E-state index < -0.39 is 18.1 Å². The second kappa shape index (κ2) is 9.05. The number of carbonyl (C=O) groups excluding carboxylic acids is 2. The summed E-state index contributed by atoms with van der Waals surface area (Å²) < 4.78 is 10.6. The molecule has 0 spiro atoms. The zero-order valence-electron chi connectivity index (χ0n) is 17.8. The summed E-state index contributed by atoms with van der Waals surface area (Å²) in [6.07, 6.45) is 0.139. The summed E-state index contributed by atoms with van der Waals surface area (Å²) in [5.74, 6) is -0.444. The van der Waals surface area contributed by atoms with Gasteiger partial charge >= 0.3 is 6.09 Å². The summed E-state index contributed by atoms with van der Waals surface area (Å²) in [5, 5.41) is 10.3. The van der Waals surface area contributed by atoms with Crippen LogP contribution in [0.5, 0.6) is 0 Å². The van der Waals surface area contributed by atoms with Gasteiger partial charge in [-0.15, -0.1) is 0 Å². The van der Waals surface area contributed by atoms with Crippen molar-refractivity contribution in [1.29, 1.82) is 0 Å². The van der Waals surface area contributed by atoms with Crippen LogP contribution in [0.4, 0.5) is 10.5 Å². The van der Waals surface area contributed by atoms with Gasteiger partial charge in [0.15, 0.2) is 0 Å². The van der Waals surface area contributed by atoms with E-state index in [1.807, 2.05) is 32.0 Å². The van der Waals surface area contributed by atoms with Gasteiger partial charge in [0.1, 0.15) is 12.7 Å². The van der Waals surface area contributed by atoms with Gasteiger partial charge in [-0.1, -0.05) is 18.2 Å². The van der Waals surface area contributed by atoms with E-state index >= 15 is 0 Å². The number of amides is 2. The molecule has 0 radical (unpaired) electrons. The number of nitrogens with zero attached hydrogens (tertiary/aromatic N) is 2. The highest BCUT2D eigenvalue weighted by Crippen LogP contribution is 2.38. The lowest BCUT2D eigenvalue weighted by atomic mass is 10.1. The number of β-amino-alcohol motifs (C(OH)–C–C–N with tert-alkyl or cyclic N) is 1. The normalized spacial score (nSPS) is 19.0. The number of aryl methyl sites for hydroxylation is 2. The van der Waals surface area contributed by atoms with Gasteiger partial charge < -0.3 is 19.6 Å². The van der Waals surface area contributed by atoms with Crippen molar-refractivity contribution in [3.8, 4) is 0 Å². The predicted molar refractivity (Wildman–Crippen MR) is 117 cm³/mol. The van der Waals surface area contributed by atoms with Gasteiger partial charge in [-0.3, -0.25) is 9.69 Å². The molecule has 4 rings (SSSR count). The number of aromatic amines is 1. The molecule has 3 heterocycles. The number of imide groups is 1. The second-order valence-electron chi connectivity index (χ2n) is 7.91. The molecule has 2 N–H and O–H groups in total. The topological polar surface area (TPSA) is 95.1 Å². The van der Waals surface area contributed by atoms with Crippen LogP contribution in [0.1, 0.15) is 22.5 Å². The highest BCUT2D eigenvalue weighted by molar-refractivity contribution is 6.41. The third-order valence-electron chi connectivity index (χ3n) is 5.50. The van der Waals surface area contributed by atoms with Crippen molar-refractivity contribution in [3.63, 3.8) is 0 Å². The van der Waals surface area contributed by atoms with Gasteiger partial charge in [0.05, 0.1) is 24.5 Å². The van der Waals surface area contributed by atoms with E-state index in [0.29, 0.717) is 36.6 Å². The van der Waals surface area contributed by atoms with Crippen molar-refractivity contribution < 1.29 is 24.2 Å². The highest BCUT2D eigenvalue weighted by atomic mass is 16.6. The molecule has 8 heteroatoms. The van der Waals surface area contributed by atoms with Crippen LogP contribution in [0.25, 0.3) is 11.6 Å². The quantitative estimate of drug-likeness (QED) is 0.714. The number of carbonyl (C=O) groups is 2. The molecule has 2 aliphatic rings. The Morgan fingerprint density at radius 1 is 1.29 bits per heavy atom. The number of morpholine rings is 1. The number of H-pyrrole nitrogens is 1. The Balaban J connectivity index is 1.48. The van der Waals surface area contributed by atoms with Gasteiger partial charge in [0, 0.05) is 36.6 Å². The lowest BCUT2D eigenvalue weighted by Gasteiger charge is -2.28. The summed E-state index contributed by atoms with van der Waals surface area (Å²) in [7, 11) is 0. The fraction of sp³-hybridized carbons (Fsp3) is 0.391. The summed E-state index contributed by atoms with van der Waals surface area (Å²) in [5.41, 5.74) is 4.41. The van der Waals surface area contributed by atoms with Crippen LogP contribution >= 0.6 is 0 Å². The molecule has 0 aliphatic carbocycles. The largest absolute Gasteiger partial charge is 0.446 e. The first-order valence-corrected chi connectivity index (χ1v) is 10.4. The van der Waals surface area contributed by atoms with Gasteiger partial charge in [-0.25, -0.2) is 9.69 Å². The Hall–Kier alpha value is -2.94. The SMILES string of the molecule is Cc1cc(C)c(C=C2C(=O)N(C(=O)OCC(O)CN3CCOCC3)c3ccccc32)[nH]1. The minimum absolute atomic E-state index is 0.184. The maximum absolute atomic E-state index is 13.1. The average Bonchev–Trinajstić information content (AvgIpc) is 3.22. The lowest BCUT2D eigenvalue weighted by molar-refractivity contribution is -0.112. The fourth-order valence-corrected chi connectivity index (χ4v) is 3.97. The predicted octanol–water partition coefficient (Wildman–Crippen LogP) is 2.35. The number of aliphatic hydroxyl groups excluding tert-OH is 1. The van der Waals surface area contributed by atoms with Crippen molar-refractivity contribution >= 4 is 29.3 Å². The maximum atomic E-state index is 13.1. The minimum atomic E-state index is -0.838. The van der Waals surface area contributed by atoms with Crippen LogP contribution in [-0.2, 0) is 14.3 Å². The molecular weight excluding hydrogens is 398 g/mol. The summed E-state index contributed by atoms with van der Waals surface area (Å²) in [6, 6.07) is 9.12. The Morgan fingerprint density at radius 2 is 2.03 bits per heavy atom. The van der Waals surface area contributed by atoms with Crippen LogP contribution in [0.2, 0.25) is 0 Å². The standard InChI is InChI=1S/C23H27N3O5/c1-15-11-16(2)24-20(15)12-19-18-5-3-4-6-21(18)26(22(19)28)23(29)31-14-17(27)13-25-7-9-30-10-8-25/h3-6,11-12,17,24,27H,7-10,13-14H2,1-2H3.